The zero-order valence-corrected chi connectivity index (χ0v) is 16.0. The second-order valence-corrected chi connectivity index (χ2v) is 7.66. The third-order valence-corrected chi connectivity index (χ3v) is 5.61. The molecule has 0 bridgehead atoms. The van der Waals surface area contributed by atoms with Gasteiger partial charge in [0.15, 0.2) is 0 Å². The van der Waals surface area contributed by atoms with Crippen molar-refractivity contribution in [3.8, 4) is 11.1 Å². The maximum atomic E-state index is 5.89. The molecular formula is C22H24N6. The summed E-state index contributed by atoms with van der Waals surface area (Å²) in [6.45, 7) is 9.46. The van der Waals surface area contributed by atoms with E-state index in [1.807, 2.05) is 6.20 Å². The van der Waals surface area contributed by atoms with Crippen LogP contribution < -0.4 is 11.1 Å². The average molecular weight is 372 g/mol. The predicted molar refractivity (Wildman–Crippen MR) is 114 cm³/mol. The molecule has 3 N–H and O–H groups in total. The molecule has 0 aliphatic carbocycles. The summed E-state index contributed by atoms with van der Waals surface area (Å²) in [4.78, 5) is 11.4. The molecule has 6 nitrogen and oxygen atoms in total. The molecule has 0 amide bonds. The molecule has 1 unspecified atom stereocenters. The lowest BCUT2D eigenvalue weighted by Crippen LogP contribution is -2.48. The number of aromatic nitrogens is 2. The lowest BCUT2D eigenvalue weighted by atomic mass is 10.0. The molecule has 1 fully saturated rings. The fraction of sp³-hybridized carbons (Fsp3) is 0.273. The van der Waals surface area contributed by atoms with E-state index in [-0.39, 0.29) is 0 Å². The SMILES string of the molecule is C=C(c1cnc2ccc(-c3ccc4c(c3)N=C(N)C4)cn12)N1CCNC(C)C1. The Hall–Kier alpha value is -3.12. The summed E-state index contributed by atoms with van der Waals surface area (Å²) in [5.74, 6) is 0.682. The number of hydrogen-bond acceptors (Lipinski definition) is 5. The Morgan fingerprint density at radius 2 is 2.11 bits per heavy atom. The van der Waals surface area contributed by atoms with E-state index in [0.717, 1.165) is 59.9 Å². The van der Waals surface area contributed by atoms with Gasteiger partial charge in [0.2, 0.25) is 0 Å². The van der Waals surface area contributed by atoms with Crippen molar-refractivity contribution in [1.29, 1.82) is 0 Å². The van der Waals surface area contributed by atoms with E-state index >= 15 is 0 Å². The highest BCUT2D eigenvalue weighted by molar-refractivity contribution is 5.91. The second-order valence-electron chi connectivity index (χ2n) is 7.66. The molecule has 0 saturated carbocycles. The Morgan fingerprint density at radius 3 is 2.96 bits per heavy atom. The molecular weight excluding hydrogens is 348 g/mol. The third kappa shape index (κ3) is 2.86. The Bertz CT molecular complexity index is 1110. The first-order valence-electron chi connectivity index (χ1n) is 9.69. The van der Waals surface area contributed by atoms with Gasteiger partial charge in [-0.05, 0) is 41.8 Å². The van der Waals surface area contributed by atoms with Crippen LogP contribution in [0.5, 0.6) is 0 Å². The van der Waals surface area contributed by atoms with Crippen molar-refractivity contribution in [3.05, 3.63) is 60.6 Å². The summed E-state index contributed by atoms with van der Waals surface area (Å²) in [5.41, 5.74) is 13.3. The van der Waals surface area contributed by atoms with E-state index in [0.29, 0.717) is 11.9 Å². The lowest BCUT2D eigenvalue weighted by molar-refractivity contribution is 0.290. The average Bonchev–Trinajstić information content (AvgIpc) is 3.28. The predicted octanol–water partition coefficient (Wildman–Crippen LogP) is 2.81. The molecule has 4 heterocycles. The van der Waals surface area contributed by atoms with E-state index in [1.165, 1.54) is 5.56 Å². The molecule has 2 aliphatic rings. The maximum absolute atomic E-state index is 5.89. The minimum absolute atomic E-state index is 0.458. The van der Waals surface area contributed by atoms with Gasteiger partial charge in [0.1, 0.15) is 11.5 Å². The van der Waals surface area contributed by atoms with Crippen LogP contribution in [0.1, 0.15) is 18.2 Å². The fourth-order valence-electron chi connectivity index (χ4n) is 4.09. The van der Waals surface area contributed by atoms with Gasteiger partial charge < -0.3 is 16.0 Å². The van der Waals surface area contributed by atoms with Crippen molar-refractivity contribution in [2.45, 2.75) is 19.4 Å². The summed E-state index contributed by atoms with van der Waals surface area (Å²) >= 11 is 0. The minimum atomic E-state index is 0.458. The van der Waals surface area contributed by atoms with Gasteiger partial charge >= 0.3 is 0 Å². The van der Waals surface area contributed by atoms with Crippen LogP contribution in [0.25, 0.3) is 22.5 Å². The summed E-state index contributed by atoms with van der Waals surface area (Å²) in [6, 6.07) is 11.0. The molecule has 0 spiro atoms. The Kier molecular flexibility index (Phi) is 3.94. The summed E-state index contributed by atoms with van der Waals surface area (Å²) in [5, 5.41) is 3.48. The van der Waals surface area contributed by atoms with Crippen LogP contribution in [0, 0.1) is 0 Å². The van der Waals surface area contributed by atoms with Crippen LogP contribution in [0.3, 0.4) is 0 Å². The first-order valence-corrected chi connectivity index (χ1v) is 9.69. The number of nitrogens with one attached hydrogen (secondary N) is 1. The quantitative estimate of drug-likeness (QED) is 0.742. The standard InChI is InChI=1S/C22H24N6/c1-14-12-27(8-7-24-14)15(2)20-11-25-22-6-5-18(13-28(20)22)16-3-4-17-10-21(23)26-19(17)9-16/h3-6,9,11,13-14,24H,2,7-8,10,12H2,1H3,(H2,23,26). The molecule has 1 aromatic carbocycles. The van der Waals surface area contributed by atoms with Gasteiger partial charge in [-0.1, -0.05) is 18.7 Å². The molecule has 142 valence electrons. The van der Waals surface area contributed by atoms with Crippen molar-refractivity contribution < 1.29 is 0 Å². The Morgan fingerprint density at radius 1 is 1.25 bits per heavy atom. The maximum Gasteiger partial charge on any atom is 0.137 e. The molecule has 1 atom stereocenters. The van der Waals surface area contributed by atoms with E-state index in [2.05, 4.69) is 74.6 Å². The Labute approximate surface area is 164 Å². The van der Waals surface area contributed by atoms with Gasteiger partial charge in [-0.2, -0.15) is 0 Å². The number of rotatable bonds is 3. The van der Waals surface area contributed by atoms with Crippen molar-refractivity contribution in [2.75, 3.05) is 19.6 Å². The first-order chi connectivity index (χ1) is 13.6. The van der Waals surface area contributed by atoms with Crippen LogP contribution >= 0.6 is 0 Å². The summed E-state index contributed by atoms with van der Waals surface area (Å²) in [7, 11) is 0. The first kappa shape index (κ1) is 17.0. The zero-order chi connectivity index (χ0) is 19.3. The highest BCUT2D eigenvalue weighted by Gasteiger charge is 2.20. The topological polar surface area (TPSA) is 70.9 Å². The van der Waals surface area contributed by atoms with Gasteiger partial charge in [0.05, 0.1) is 23.3 Å². The number of piperazine rings is 1. The minimum Gasteiger partial charge on any atom is -0.387 e. The van der Waals surface area contributed by atoms with E-state index < -0.39 is 0 Å². The van der Waals surface area contributed by atoms with E-state index in [4.69, 9.17) is 5.73 Å². The van der Waals surface area contributed by atoms with Gasteiger partial charge in [-0.25, -0.2) is 9.98 Å². The van der Waals surface area contributed by atoms with Crippen molar-refractivity contribution in [2.24, 2.45) is 10.7 Å². The van der Waals surface area contributed by atoms with Gasteiger partial charge in [-0.15, -0.1) is 0 Å². The summed E-state index contributed by atoms with van der Waals surface area (Å²) in [6.07, 6.45) is 4.79. The highest BCUT2D eigenvalue weighted by Crippen LogP contribution is 2.32. The van der Waals surface area contributed by atoms with Crippen LogP contribution in [0.15, 0.2) is 54.3 Å². The van der Waals surface area contributed by atoms with Gasteiger partial charge in [0, 0.05) is 38.3 Å². The van der Waals surface area contributed by atoms with Gasteiger partial charge in [0.25, 0.3) is 0 Å². The number of nitrogens with zero attached hydrogens (tertiary/aromatic N) is 4. The van der Waals surface area contributed by atoms with Crippen molar-refractivity contribution in [3.63, 3.8) is 0 Å². The molecule has 2 aliphatic heterocycles. The molecule has 1 saturated heterocycles. The third-order valence-electron chi connectivity index (χ3n) is 5.61. The fourth-order valence-corrected chi connectivity index (χ4v) is 4.09. The van der Waals surface area contributed by atoms with Crippen LogP contribution in [-0.4, -0.2) is 45.8 Å². The monoisotopic (exact) mass is 372 g/mol. The molecule has 2 aromatic heterocycles. The molecule has 3 aromatic rings. The van der Waals surface area contributed by atoms with Crippen LogP contribution in [0.2, 0.25) is 0 Å². The summed E-state index contributed by atoms with van der Waals surface area (Å²) < 4.78 is 2.13. The molecule has 28 heavy (non-hydrogen) atoms. The van der Waals surface area contributed by atoms with Crippen LogP contribution in [0.4, 0.5) is 5.69 Å². The second kappa shape index (κ2) is 6.49. The number of imidazole rings is 1. The smallest absolute Gasteiger partial charge is 0.137 e. The number of amidine groups is 1. The highest BCUT2D eigenvalue weighted by atomic mass is 15.2. The number of pyridine rings is 1. The van der Waals surface area contributed by atoms with Crippen molar-refractivity contribution in [1.82, 2.24) is 19.6 Å². The molecule has 0 radical (unpaired) electrons. The van der Waals surface area contributed by atoms with Gasteiger partial charge in [-0.3, -0.25) is 4.40 Å². The number of hydrogen-bond donors (Lipinski definition) is 2. The lowest BCUT2D eigenvalue weighted by Gasteiger charge is -2.34. The van der Waals surface area contributed by atoms with E-state index in [1.54, 1.807) is 0 Å². The number of benzene rings is 1. The zero-order valence-electron chi connectivity index (χ0n) is 16.0. The number of fused-ring (bicyclic) bond motifs is 2. The van der Waals surface area contributed by atoms with Crippen LogP contribution in [-0.2, 0) is 6.42 Å². The van der Waals surface area contributed by atoms with E-state index in [9.17, 15) is 0 Å². The normalized spacial score (nSPS) is 19.0. The number of aliphatic imine (C=N–C) groups is 1. The molecule has 5 rings (SSSR count). The Balaban J connectivity index is 1.52. The number of nitrogens with two attached hydrogens (primary N) is 1. The van der Waals surface area contributed by atoms with Crippen molar-refractivity contribution >= 4 is 22.9 Å². The largest absolute Gasteiger partial charge is 0.387 e. The molecule has 6 heteroatoms.